The number of ether oxygens (including phenoxy) is 1. The number of benzene rings is 1. The van der Waals surface area contributed by atoms with Crippen molar-refractivity contribution in [3.63, 3.8) is 0 Å². The van der Waals surface area contributed by atoms with E-state index in [1.54, 1.807) is 0 Å². The number of furan rings is 1. The molecule has 0 aliphatic rings. The van der Waals surface area contributed by atoms with Gasteiger partial charge < -0.3 is 14.9 Å². The maximum absolute atomic E-state index is 5.99. The lowest BCUT2D eigenvalue weighted by molar-refractivity contribution is 0.263. The van der Waals surface area contributed by atoms with Crippen LogP contribution in [0.1, 0.15) is 28.2 Å². The Hall–Kier alpha value is -1.45. The molecule has 0 saturated carbocycles. The summed E-state index contributed by atoms with van der Waals surface area (Å²) in [7, 11) is 0. The van der Waals surface area contributed by atoms with Crippen LogP contribution in [0.15, 0.2) is 22.6 Å². The van der Waals surface area contributed by atoms with Crippen molar-refractivity contribution in [2.24, 2.45) is 5.73 Å². The molecule has 0 saturated heterocycles. The summed E-state index contributed by atoms with van der Waals surface area (Å²) in [4.78, 5) is 0. The standard InChI is InChI=1S/C15H18ClNO2/c1-9-6-13(19-14(9)7-17)8-18-15-10(2)4-12(16)5-11(15)3/h4-6H,7-8,17H2,1-3H3. The Kier molecular flexibility index (Phi) is 4.17. The molecule has 0 aliphatic heterocycles. The molecule has 0 aliphatic carbocycles. The fourth-order valence-corrected chi connectivity index (χ4v) is 2.46. The summed E-state index contributed by atoms with van der Waals surface area (Å²) in [5, 5.41) is 0.724. The lowest BCUT2D eigenvalue weighted by Gasteiger charge is -2.11. The second-order valence-electron chi connectivity index (χ2n) is 4.68. The van der Waals surface area contributed by atoms with Gasteiger partial charge in [-0.05, 0) is 55.7 Å². The first-order chi connectivity index (χ1) is 9.01. The van der Waals surface area contributed by atoms with E-state index in [-0.39, 0.29) is 0 Å². The lowest BCUT2D eigenvalue weighted by atomic mass is 10.1. The molecule has 2 N–H and O–H groups in total. The topological polar surface area (TPSA) is 48.4 Å². The summed E-state index contributed by atoms with van der Waals surface area (Å²) >= 11 is 5.99. The van der Waals surface area contributed by atoms with Gasteiger partial charge in [0.1, 0.15) is 23.9 Å². The van der Waals surface area contributed by atoms with Gasteiger partial charge >= 0.3 is 0 Å². The molecule has 0 atom stereocenters. The predicted octanol–water partition coefficient (Wildman–Crippen LogP) is 3.90. The van der Waals surface area contributed by atoms with E-state index in [2.05, 4.69) is 0 Å². The van der Waals surface area contributed by atoms with Crippen molar-refractivity contribution in [2.45, 2.75) is 33.9 Å². The molecule has 19 heavy (non-hydrogen) atoms. The van der Waals surface area contributed by atoms with E-state index in [0.29, 0.717) is 13.2 Å². The van der Waals surface area contributed by atoms with Gasteiger partial charge in [0, 0.05) is 5.02 Å². The molecule has 0 fully saturated rings. The lowest BCUT2D eigenvalue weighted by Crippen LogP contribution is -1.98. The average molecular weight is 280 g/mol. The number of hydrogen-bond acceptors (Lipinski definition) is 3. The van der Waals surface area contributed by atoms with Crippen LogP contribution in [0.2, 0.25) is 5.02 Å². The highest BCUT2D eigenvalue weighted by Gasteiger charge is 2.09. The van der Waals surface area contributed by atoms with Crippen LogP contribution in [-0.4, -0.2) is 0 Å². The molecule has 3 nitrogen and oxygen atoms in total. The molecule has 2 aromatic rings. The second kappa shape index (κ2) is 5.68. The SMILES string of the molecule is Cc1cc(COc2c(C)cc(Cl)cc2C)oc1CN. The zero-order valence-corrected chi connectivity index (χ0v) is 12.2. The Labute approximate surface area is 118 Å². The summed E-state index contributed by atoms with van der Waals surface area (Å²) < 4.78 is 11.4. The zero-order chi connectivity index (χ0) is 14.0. The first kappa shape index (κ1) is 14.0. The summed E-state index contributed by atoms with van der Waals surface area (Å²) in [5.74, 6) is 2.45. The van der Waals surface area contributed by atoms with Gasteiger partial charge in [0.2, 0.25) is 0 Å². The normalized spacial score (nSPS) is 10.8. The van der Waals surface area contributed by atoms with E-state index in [0.717, 1.165) is 39.0 Å². The number of nitrogens with two attached hydrogens (primary N) is 1. The molecule has 0 unspecified atom stereocenters. The van der Waals surface area contributed by atoms with Crippen LogP contribution in [0.25, 0.3) is 0 Å². The minimum Gasteiger partial charge on any atom is -0.485 e. The molecular formula is C15H18ClNO2. The molecule has 4 heteroatoms. The molecule has 2 rings (SSSR count). The number of hydrogen-bond donors (Lipinski definition) is 1. The van der Waals surface area contributed by atoms with Crippen LogP contribution in [0.3, 0.4) is 0 Å². The Morgan fingerprint density at radius 3 is 2.26 bits per heavy atom. The minimum absolute atomic E-state index is 0.393. The van der Waals surface area contributed by atoms with Gasteiger partial charge in [-0.15, -0.1) is 0 Å². The summed E-state index contributed by atoms with van der Waals surface area (Å²) in [6, 6.07) is 5.74. The van der Waals surface area contributed by atoms with E-state index >= 15 is 0 Å². The zero-order valence-electron chi connectivity index (χ0n) is 11.4. The first-order valence-electron chi connectivity index (χ1n) is 6.19. The molecule has 0 spiro atoms. The van der Waals surface area contributed by atoms with Crippen LogP contribution in [-0.2, 0) is 13.2 Å². The molecule has 1 aromatic heterocycles. The molecule has 1 aromatic carbocycles. The average Bonchev–Trinajstić information content (AvgIpc) is 2.68. The van der Waals surface area contributed by atoms with Gasteiger partial charge in [0.15, 0.2) is 0 Å². The third kappa shape index (κ3) is 3.11. The quantitative estimate of drug-likeness (QED) is 0.923. The predicted molar refractivity (Wildman–Crippen MR) is 76.6 cm³/mol. The Morgan fingerprint density at radius 2 is 1.74 bits per heavy atom. The highest BCUT2D eigenvalue weighted by atomic mass is 35.5. The fraction of sp³-hybridized carbons (Fsp3) is 0.333. The van der Waals surface area contributed by atoms with Crippen LogP contribution < -0.4 is 10.5 Å². The van der Waals surface area contributed by atoms with Crippen molar-refractivity contribution in [1.29, 1.82) is 0 Å². The van der Waals surface area contributed by atoms with E-state index < -0.39 is 0 Å². The molecule has 1 heterocycles. The van der Waals surface area contributed by atoms with E-state index in [1.165, 1.54) is 0 Å². The maximum Gasteiger partial charge on any atom is 0.146 e. The molecule has 0 bridgehead atoms. The minimum atomic E-state index is 0.393. The molecular weight excluding hydrogens is 262 g/mol. The Bertz CT molecular complexity index is 567. The van der Waals surface area contributed by atoms with Crippen molar-refractivity contribution in [3.05, 3.63) is 51.4 Å². The highest BCUT2D eigenvalue weighted by molar-refractivity contribution is 6.30. The van der Waals surface area contributed by atoms with Crippen molar-refractivity contribution >= 4 is 11.6 Å². The number of halogens is 1. The molecule has 0 radical (unpaired) electrons. The van der Waals surface area contributed by atoms with Gasteiger partial charge in [-0.3, -0.25) is 0 Å². The second-order valence-corrected chi connectivity index (χ2v) is 5.12. The summed E-state index contributed by atoms with van der Waals surface area (Å²) in [6.45, 7) is 6.74. The van der Waals surface area contributed by atoms with Crippen LogP contribution in [0.4, 0.5) is 0 Å². The van der Waals surface area contributed by atoms with Gasteiger partial charge in [-0.1, -0.05) is 11.6 Å². The highest BCUT2D eigenvalue weighted by Crippen LogP contribution is 2.28. The number of aryl methyl sites for hydroxylation is 3. The van der Waals surface area contributed by atoms with Gasteiger partial charge in [-0.25, -0.2) is 0 Å². The molecule has 0 amide bonds. The fourth-order valence-electron chi connectivity index (χ4n) is 2.13. The van der Waals surface area contributed by atoms with Crippen molar-refractivity contribution in [2.75, 3.05) is 0 Å². The van der Waals surface area contributed by atoms with Crippen LogP contribution in [0.5, 0.6) is 5.75 Å². The third-order valence-electron chi connectivity index (χ3n) is 3.04. The maximum atomic E-state index is 5.99. The van der Waals surface area contributed by atoms with Gasteiger partial charge in [0.25, 0.3) is 0 Å². The summed E-state index contributed by atoms with van der Waals surface area (Å²) in [6.07, 6.45) is 0. The monoisotopic (exact) mass is 279 g/mol. The van der Waals surface area contributed by atoms with E-state index in [4.69, 9.17) is 26.5 Å². The van der Waals surface area contributed by atoms with Gasteiger partial charge in [-0.2, -0.15) is 0 Å². The van der Waals surface area contributed by atoms with Crippen molar-refractivity contribution in [1.82, 2.24) is 0 Å². The summed E-state index contributed by atoms with van der Waals surface area (Å²) in [5.41, 5.74) is 8.69. The Morgan fingerprint density at radius 1 is 1.11 bits per heavy atom. The van der Waals surface area contributed by atoms with Crippen molar-refractivity contribution < 1.29 is 9.15 Å². The third-order valence-corrected chi connectivity index (χ3v) is 3.26. The van der Waals surface area contributed by atoms with Gasteiger partial charge in [0.05, 0.1) is 6.54 Å². The van der Waals surface area contributed by atoms with Crippen LogP contribution in [0, 0.1) is 20.8 Å². The van der Waals surface area contributed by atoms with Crippen molar-refractivity contribution in [3.8, 4) is 5.75 Å². The number of rotatable bonds is 4. The first-order valence-corrected chi connectivity index (χ1v) is 6.57. The smallest absolute Gasteiger partial charge is 0.146 e. The van der Waals surface area contributed by atoms with E-state index in [9.17, 15) is 0 Å². The van der Waals surface area contributed by atoms with Crippen LogP contribution >= 0.6 is 11.6 Å². The largest absolute Gasteiger partial charge is 0.485 e. The Balaban J connectivity index is 2.14. The molecule has 102 valence electrons. The van der Waals surface area contributed by atoms with E-state index in [1.807, 2.05) is 39.0 Å².